The maximum absolute atomic E-state index is 12.1. The highest BCUT2D eigenvalue weighted by Gasteiger charge is 2.23. The quantitative estimate of drug-likeness (QED) is 0.838. The van der Waals surface area contributed by atoms with Gasteiger partial charge in [-0.2, -0.15) is 11.8 Å². The second kappa shape index (κ2) is 6.19. The van der Waals surface area contributed by atoms with Crippen molar-refractivity contribution in [1.82, 2.24) is 19.9 Å². The highest BCUT2D eigenvalue weighted by atomic mass is 32.2. The van der Waals surface area contributed by atoms with Gasteiger partial charge in [-0.15, -0.1) is 5.10 Å². The van der Waals surface area contributed by atoms with E-state index in [1.807, 2.05) is 16.7 Å². The molecule has 2 heterocycles. The van der Waals surface area contributed by atoms with Gasteiger partial charge in [0.15, 0.2) is 0 Å². The Labute approximate surface area is 111 Å². The Bertz CT molecular complexity index is 408. The standard InChI is InChI=1S/C11H19N5OS/c1-2-10-7-15(3-4-18-10)11(17)8-16-6-9(5-12)13-14-16/h6,10H,2-5,7-8,12H2,1H3. The minimum Gasteiger partial charge on any atom is -0.339 e. The molecule has 1 amide bonds. The molecule has 7 heteroatoms. The molecule has 0 spiro atoms. The lowest BCUT2D eigenvalue weighted by atomic mass is 10.3. The van der Waals surface area contributed by atoms with Crippen LogP contribution < -0.4 is 5.73 Å². The fraction of sp³-hybridized carbons (Fsp3) is 0.727. The van der Waals surface area contributed by atoms with Crippen molar-refractivity contribution in [2.45, 2.75) is 31.7 Å². The van der Waals surface area contributed by atoms with E-state index in [4.69, 9.17) is 5.73 Å². The average Bonchev–Trinajstić information content (AvgIpc) is 2.86. The monoisotopic (exact) mass is 269 g/mol. The molecule has 1 fully saturated rings. The first-order chi connectivity index (χ1) is 8.72. The molecule has 0 radical (unpaired) electrons. The van der Waals surface area contributed by atoms with E-state index in [2.05, 4.69) is 17.2 Å². The molecule has 0 aromatic carbocycles. The fourth-order valence-electron chi connectivity index (χ4n) is 1.94. The van der Waals surface area contributed by atoms with Crippen molar-refractivity contribution in [2.75, 3.05) is 18.8 Å². The predicted molar refractivity (Wildman–Crippen MR) is 71.0 cm³/mol. The van der Waals surface area contributed by atoms with Crippen molar-refractivity contribution in [3.05, 3.63) is 11.9 Å². The lowest BCUT2D eigenvalue weighted by Crippen LogP contribution is -2.43. The number of nitrogens with two attached hydrogens (primary N) is 1. The number of amides is 1. The predicted octanol–water partition coefficient (Wildman–Crippen LogP) is 0.0908. The summed E-state index contributed by atoms with van der Waals surface area (Å²) in [7, 11) is 0. The fourth-order valence-corrected chi connectivity index (χ4v) is 3.12. The second-order valence-corrected chi connectivity index (χ2v) is 5.76. The van der Waals surface area contributed by atoms with E-state index in [1.165, 1.54) is 0 Å². The van der Waals surface area contributed by atoms with Gasteiger partial charge < -0.3 is 10.6 Å². The maximum Gasteiger partial charge on any atom is 0.244 e. The van der Waals surface area contributed by atoms with Gasteiger partial charge in [-0.1, -0.05) is 12.1 Å². The van der Waals surface area contributed by atoms with Crippen LogP contribution in [0.1, 0.15) is 19.0 Å². The number of carbonyl (C=O) groups is 1. The number of hydrogen-bond acceptors (Lipinski definition) is 5. The molecule has 1 atom stereocenters. The van der Waals surface area contributed by atoms with E-state index >= 15 is 0 Å². The molecule has 1 aromatic rings. The Morgan fingerprint density at radius 3 is 3.17 bits per heavy atom. The Kier molecular flexibility index (Phi) is 4.60. The van der Waals surface area contributed by atoms with Crippen LogP contribution in [0, 0.1) is 0 Å². The SMILES string of the molecule is CCC1CN(C(=O)Cn2cc(CN)nn2)CCS1. The highest BCUT2D eigenvalue weighted by molar-refractivity contribution is 8.00. The van der Waals surface area contributed by atoms with Gasteiger partial charge in [-0.3, -0.25) is 4.79 Å². The summed E-state index contributed by atoms with van der Waals surface area (Å²) in [5.41, 5.74) is 6.17. The highest BCUT2D eigenvalue weighted by Crippen LogP contribution is 2.21. The summed E-state index contributed by atoms with van der Waals surface area (Å²) in [6, 6.07) is 0. The van der Waals surface area contributed by atoms with E-state index in [9.17, 15) is 4.79 Å². The Morgan fingerprint density at radius 2 is 2.50 bits per heavy atom. The zero-order valence-electron chi connectivity index (χ0n) is 10.6. The first kappa shape index (κ1) is 13.4. The largest absolute Gasteiger partial charge is 0.339 e. The first-order valence-electron chi connectivity index (χ1n) is 6.21. The number of thioether (sulfide) groups is 1. The van der Waals surface area contributed by atoms with E-state index in [0.717, 1.165) is 25.3 Å². The second-order valence-electron chi connectivity index (χ2n) is 4.35. The third kappa shape index (κ3) is 3.23. The molecule has 0 bridgehead atoms. The molecule has 100 valence electrons. The zero-order valence-corrected chi connectivity index (χ0v) is 11.4. The van der Waals surface area contributed by atoms with Crippen LogP contribution in [0.2, 0.25) is 0 Å². The molecular formula is C11H19N5OS. The number of hydrogen-bond donors (Lipinski definition) is 1. The average molecular weight is 269 g/mol. The van der Waals surface area contributed by atoms with E-state index in [0.29, 0.717) is 17.5 Å². The van der Waals surface area contributed by atoms with Gasteiger partial charge in [0, 0.05) is 30.6 Å². The summed E-state index contributed by atoms with van der Waals surface area (Å²) in [4.78, 5) is 14.0. The summed E-state index contributed by atoms with van der Waals surface area (Å²) >= 11 is 1.95. The molecule has 6 nitrogen and oxygen atoms in total. The van der Waals surface area contributed by atoms with Gasteiger partial charge in [-0.05, 0) is 6.42 Å². The van der Waals surface area contributed by atoms with Crippen LogP contribution in [0.5, 0.6) is 0 Å². The maximum atomic E-state index is 12.1. The summed E-state index contributed by atoms with van der Waals surface area (Å²) in [6.07, 6.45) is 2.84. The third-order valence-corrected chi connectivity index (χ3v) is 4.41. The lowest BCUT2D eigenvalue weighted by Gasteiger charge is -2.31. The van der Waals surface area contributed by atoms with Crippen LogP contribution in [0.4, 0.5) is 0 Å². The Balaban J connectivity index is 1.90. The summed E-state index contributed by atoms with van der Waals surface area (Å²) < 4.78 is 1.56. The molecule has 2 N–H and O–H groups in total. The van der Waals surface area contributed by atoms with Crippen LogP contribution in [-0.4, -0.2) is 49.9 Å². The molecule has 0 aliphatic carbocycles. The minimum atomic E-state index is 0.113. The number of rotatable bonds is 4. The molecular weight excluding hydrogens is 250 g/mol. The van der Waals surface area contributed by atoms with Crippen molar-refractivity contribution in [2.24, 2.45) is 5.73 Å². The van der Waals surface area contributed by atoms with Gasteiger partial charge in [0.2, 0.25) is 5.91 Å². The number of aromatic nitrogens is 3. The molecule has 1 saturated heterocycles. The molecule has 0 saturated carbocycles. The van der Waals surface area contributed by atoms with E-state index < -0.39 is 0 Å². The van der Waals surface area contributed by atoms with Gasteiger partial charge >= 0.3 is 0 Å². The Hall–Kier alpha value is -1.08. The summed E-state index contributed by atoms with van der Waals surface area (Å²) in [5.74, 6) is 1.14. The molecule has 1 aromatic heterocycles. The van der Waals surface area contributed by atoms with Crippen LogP contribution >= 0.6 is 11.8 Å². The van der Waals surface area contributed by atoms with Crippen LogP contribution in [0.3, 0.4) is 0 Å². The third-order valence-electron chi connectivity index (χ3n) is 3.04. The van der Waals surface area contributed by atoms with Gasteiger partial charge in [0.05, 0.1) is 11.9 Å². The topological polar surface area (TPSA) is 77.0 Å². The van der Waals surface area contributed by atoms with Crippen LogP contribution in [0.25, 0.3) is 0 Å². The lowest BCUT2D eigenvalue weighted by molar-refractivity contribution is -0.132. The van der Waals surface area contributed by atoms with E-state index in [1.54, 1.807) is 10.9 Å². The van der Waals surface area contributed by atoms with Crippen molar-refractivity contribution >= 4 is 17.7 Å². The molecule has 1 aliphatic heterocycles. The first-order valence-corrected chi connectivity index (χ1v) is 7.26. The number of carbonyl (C=O) groups excluding carboxylic acids is 1. The van der Waals surface area contributed by atoms with Crippen molar-refractivity contribution < 1.29 is 4.79 Å². The smallest absolute Gasteiger partial charge is 0.244 e. The molecule has 2 rings (SSSR count). The van der Waals surface area contributed by atoms with Crippen molar-refractivity contribution in [3.63, 3.8) is 0 Å². The van der Waals surface area contributed by atoms with Gasteiger partial charge in [-0.25, -0.2) is 4.68 Å². The summed E-state index contributed by atoms with van der Waals surface area (Å²) in [6.45, 7) is 4.45. The molecule has 1 unspecified atom stereocenters. The molecule has 1 aliphatic rings. The van der Waals surface area contributed by atoms with Crippen molar-refractivity contribution in [1.29, 1.82) is 0 Å². The normalized spacial score (nSPS) is 20.1. The summed E-state index contributed by atoms with van der Waals surface area (Å²) in [5, 5.41) is 8.34. The van der Waals surface area contributed by atoms with E-state index in [-0.39, 0.29) is 12.5 Å². The van der Waals surface area contributed by atoms with Crippen LogP contribution in [0.15, 0.2) is 6.20 Å². The Morgan fingerprint density at radius 1 is 1.67 bits per heavy atom. The minimum absolute atomic E-state index is 0.113. The van der Waals surface area contributed by atoms with Crippen molar-refractivity contribution in [3.8, 4) is 0 Å². The van der Waals surface area contributed by atoms with Gasteiger partial charge in [0.25, 0.3) is 0 Å². The number of nitrogens with zero attached hydrogens (tertiary/aromatic N) is 4. The van der Waals surface area contributed by atoms with Gasteiger partial charge in [0.1, 0.15) is 6.54 Å². The molecule has 18 heavy (non-hydrogen) atoms. The zero-order chi connectivity index (χ0) is 13.0. The van der Waals surface area contributed by atoms with Crippen LogP contribution in [-0.2, 0) is 17.9 Å².